The van der Waals surface area contributed by atoms with Gasteiger partial charge in [-0.1, -0.05) is 12.5 Å². The second-order valence-corrected chi connectivity index (χ2v) is 11.1. The van der Waals surface area contributed by atoms with E-state index in [0.29, 0.717) is 24.2 Å². The molecule has 0 unspecified atom stereocenters. The van der Waals surface area contributed by atoms with Gasteiger partial charge in [-0.25, -0.2) is 8.42 Å². The van der Waals surface area contributed by atoms with E-state index in [0.717, 1.165) is 62.4 Å². The van der Waals surface area contributed by atoms with Crippen molar-refractivity contribution in [1.29, 1.82) is 0 Å². The van der Waals surface area contributed by atoms with Gasteiger partial charge in [0.1, 0.15) is 0 Å². The summed E-state index contributed by atoms with van der Waals surface area (Å²) >= 11 is 0. The molecule has 0 bridgehead atoms. The highest BCUT2D eigenvalue weighted by atomic mass is 32.2. The van der Waals surface area contributed by atoms with Crippen LogP contribution in [0.25, 0.3) is 0 Å². The van der Waals surface area contributed by atoms with E-state index in [4.69, 9.17) is 0 Å². The molecule has 1 amide bonds. The van der Waals surface area contributed by atoms with Gasteiger partial charge < -0.3 is 15.1 Å². The van der Waals surface area contributed by atoms with Crippen LogP contribution in [0, 0.1) is 13.8 Å². The quantitative estimate of drug-likeness (QED) is 0.724. The Morgan fingerprint density at radius 1 is 0.848 bits per heavy atom. The van der Waals surface area contributed by atoms with Crippen LogP contribution in [0.15, 0.2) is 41.3 Å². The molecule has 7 nitrogen and oxygen atoms in total. The van der Waals surface area contributed by atoms with E-state index in [-0.39, 0.29) is 10.8 Å². The minimum absolute atomic E-state index is 0.221. The van der Waals surface area contributed by atoms with Gasteiger partial charge in [0.15, 0.2) is 0 Å². The molecule has 1 N–H and O–H groups in total. The number of nitrogens with one attached hydrogen (secondary N) is 1. The lowest BCUT2D eigenvalue weighted by molar-refractivity contribution is 0.102. The minimum atomic E-state index is -3.61. The highest BCUT2D eigenvalue weighted by molar-refractivity contribution is 7.89. The van der Waals surface area contributed by atoms with Crippen LogP contribution in [0.2, 0.25) is 0 Å². The zero-order valence-corrected chi connectivity index (χ0v) is 20.6. The minimum Gasteiger partial charge on any atom is -0.369 e. The molecular formula is C25H34N4O3S. The summed E-state index contributed by atoms with van der Waals surface area (Å²) in [5, 5.41) is 2.97. The zero-order valence-electron chi connectivity index (χ0n) is 19.8. The lowest BCUT2D eigenvalue weighted by Gasteiger charge is -2.34. The van der Waals surface area contributed by atoms with Crippen molar-refractivity contribution in [1.82, 2.24) is 9.21 Å². The van der Waals surface area contributed by atoms with Crippen LogP contribution in [0.1, 0.15) is 40.7 Å². The number of carbonyl (C=O) groups is 1. The number of aryl methyl sites for hydroxylation is 2. The standard InChI is InChI=1S/C25H34N4O3S/c1-19-7-8-21(18-24(19)33(31,32)29-11-5-4-6-12-29)25(30)26-23-10-9-22(17-20(23)2)28-15-13-27(3)14-16-28/h7-10,17-18H,4-6,11-16H2,1-3H3,(H,26,30). The van der Waals surface area contributed by atoms with Crippen LogP contribution in [-0.2, 0) is 10.0 Å². The lowest BCUT2D eigenvalue weighted by Crippen LogP contribution is -2.44. The Morgan fingerprint density at radius 2 is 1.55 bits per heavy atom. The van der Waals surface area contributed by atoms with Gasteiger partial charge in [0.2, 0.25) is 10.0 Å². The molecule has 0 aromatic heterocycles. The third-order valence-electron chi connectivity index (χ3n) is 6.71. The number of sulfonamides is 1. The molecular weight excluding hydrogens is 436 g/mol. The molecule has 0 saturated carbocycles. The maximum Gasteiger partial charge on any atom is 0.255 e. The van der Waals surface area contributed by atoms with Crippen molar-refractivity contribution in [2.45, 2.75) is 38.0 Å². The van der Waals surface area contributed by atoms with Gasteiger partial charge in [-0.3, -0.25) is 4.79 Å². The molecule has 2 saturated heterocycles. The van der Waals surface area contributed by atoms with Crippen LogP contribution in [0.4, 0.5) is 11.4 Å². The molecule has 2 aromatic carbocycles. The molecule has 4 rings (SSSR count). The van der Waals surface area contributed by atoms with Crippen molar-refractivity contribution in [3.05, 3.63) is 53.1 Å². The molecule has 2 aliphatic rings. The number of carbonyl (C=O) groups excluding carboxylic acids is 1. The van der Waals surface area contributed by atoms with Crippen LogP contribution in [-0.4, -0.2) is 69.8 Å². The van der Waals surface area contributed by atoms with Gasteiger partial charge in [0.05, 0.1) is 4.90 Å². The van der Waals surface area contributed by atoms with E-state index < -0.39 is 10.0 Å². The number of likely N-dealkylation sites (N-methyl/N-ethyl adjacent to an activating group) is 1. The summed E-state index contributed by atoms with van der Waals surface area (Å²) < 4.78 is 27.9. The van der Waals surface area contributed by atoms with Crippen molar-refractivity contribution in [3.63, 3.8) is 0 Å². The van der Waals surface area contributed by atoms with Gasteiger partial charge in [0, 0.05) is 56.2 Å². The van der Waals surface area contributed by atoms with E-state index in [9.17, 15) is 13.2 Å². The van der Waals surface area contributed by atoms with Gasteiger partial charge >= 0.3 is 0 Å². The second-order valence-electron chi connectivity index (χ2n) is 9.19. The number of hydrogen-bond donors (Lipinski definition) is 1. The topological polar surface area (TPSA) is 73.0 Å². The first kappa shape index (κ1) is 23.7. The molecule has 2 heterocycles. The summed E-state index contributed by atoms with van der Waals surface area (Å²) in [5.41, 5.74) is 3.87. The normalized spacial score (nSPS) is 18.3. The van der Waals surface area contributed by atoms with E-state index in [1.165, 1.54) is 6.07 Å². The monoisotopic (exact) mass is 470 g/mol. The zero-order chi connectivity index (χ0) is 23.6. The summed E-state index contributed by atoms with van der Waals surface area (Å²) in [5.74, 6) is -0.305. The number of benzene rings is 2. The first-order chi connectivity index (χ1) is 15.8. The van der Waals surface area contributed by atoms with E-state index in [1.54, 1.807) is 23.4 Å². The smallest absolute Gasteiger partial charge is 0.255 e. The molecule has 33 heavy (non-hydrogen) atoms. The summed E-state index contributed by atoms with van der Waals surface area (Å²) in [6, 6.07) is 11.0. The van der Waals surface area contributed by atoms with Gasteiger partial charge in [0.25, 0.3) is 5.91 Å². The van der Waals surface area contributed by atoms with Crippen molar-refractivity contribution in [2.75, 3.05) is 56.5 Å². The maximum atomic E-state index is 13.2. The van der Waals surface area contributed by atoms with Crippen molar-refractivity contribution < 1.29 is 13.2 Å². The third kappa shape index (κ3) is 5.23. The Kier molecular flexibility index (Phi) is 7.07. The summed E-state index contributed by atoms with van der Waals surface area (Å²) in [4.78, 5) is 17.9. The highest BCUT2D eigenvalue weighted by Gasteiger charge is 2.28. The van der Waals surface area contributed by atoms with Crippen LogP contribution < -0.4 is 10.2 Å². The molecule has 2 aliphatic heterocycles. The molecule has 0 atom stereocenters. The van der Waals surface area contributed by atoms with E-state index in [2.05, 4.69) is 28.2 Å². The Labute approximate surface area is 197 Å². The molecule has 0 spiro atoms. The third-order valence-corrected chi connectivity index (χ3v) is 8.75. The van der Waals surface area contributed by atoms with Crippen molar-refractivity contribution in [3.8, 4) is 0 Å². The first-order valence-electron chi connectivity index (χ1n) is 11.7. The molecule has 8 heteroatoms. The number of amides is 1. The molecule has 2 aromatic rings. The fourth-order valence-electron chi connectivity index (χ4n) is 4.51. The highest BCUT2D eigenvalue weighted by Crippen LogP contribution is 2.27. The number of piperazine rings is 1. The Bertz CT molecular complexity index is 1120. The van der Waals surface area contributed by atoms with E-state index >= 15 is 0 Å². The Morgan fingerprint density at radius 3 is 2.21 bits per heavy atom. The lowest BCUT2D eigenvalue weighted by atomic mass is 10.1. The van der Waals surface area contributed by atoms with Crippen molar-refractivity contribution >= 4 is 27.3 Å². The average Bonchev–Trinajstić information content (AvgIpc) is 2.81. The second kappa shape index (κ2) is 9.83. The van der Waals surface area contributed by atoms with Gasteiger partial charge in [-0.05, 0) is 75.2 Å². The summed E-state index contributed by atoms with van der Waals surface area (Å²) in [6.45, 7) is 8.88. The first-order valence-corrected chi connectivity index (χ1v) is 13.2. The number of hydrogen-bond acceptors (Lipinski definition) is 5. The predicted molar refractivity (Wildman–Crippen MR) is 133 cm³/mol. The molecule has 178 valence electrons. The maximum absolute atomic E-state index is 13.2. The predicted octanol–water partition coefficient (Wildman–Crippen LogP) is 3.48. The van der Waals surface area contributed by atoms with Crippen LogP contribution >= 0.6 is 0 Å². The molecule has 2 fully saturated rings. The fourth-order valence-corrected chi connectivity index (χ4v) is 6.28. The van der Waals surface area contributed by atoms with Crippen molar-refractivity contribution in [2.24, 2.45) is 0 Å². The van der Waals surface area contributed by atoms with E-state index in [1.807, 2.05) is 19.1 Å². The average molecular weight is 471 g/mol. The van der Waals surface area contributed by atoms with Crippen LogP contribution in [0.3, 0.4) is 0 Å². The SMILES string of the molecule is Cc1cc(N2CCN(C)CC2)ccc1NC(=O)c1ccc(C)c(S(=O)(=O)N2CCCCC2)c1. The van der Waals surface area contributed by atoms with Crippen LogP contribution in [0.5, 0.6) is 0 Å². The largest absolute Gasteiger partial charge is 0.369 e. The molecule has 0 radical (unpaired) electrons. The summed E-state index contributed by atoms with van der Waals surface area (Å²) in [6.07, 6.45) is 2.81. The fraction of sp³-hybridized carbons (Fsp3) is 0.480. The van der Waals surface area contributed by atoms with Gasteiger partial charge in [-0.2, -0.15) is 4.31 Å². The molecule has 0 aliphatic carbocycles. The number of nitrogens with zero attached hydrogens (tertiary/aromatic N) is 3. The number of piperidine rings is 1. The number of anilines is 2. The Balaban J connectivity index is 1.51. The summed E-state index contributed by atoms with van der Waals surface area (Å²) in [7, 11) is -1.47. The Hall–Kier alpha value is -2.42. The van der Waals surface area contributed by atoms with Gasteiger partial charge in [-0.15, -0.1) is 0 Å². The number of rotatable bonds is 5.